The standard InChI is InChI=1S/C14H18N2O4/c1-3-7-16(9-13(18)19)14(20)11-5-4-6-12(8-11)15-10(2)17/h4-6,8H,3,7,9H2,1-2H3,(H,15,17)(H,18,19). The number of carboxylic acids is 1. The van der Waals surface area contributed by atoms with Gasteiger partial charge in [-0.1, -0.05) is 13.0 Å². The lowest BCUT2D eigenvalue weighted by Gasteiger charge is -2.20. The Balaban J connectivity index is 2.93. The average Bonchev–Trinajstić information content (AvgIpc) is 2.36. The minimum atomic E-state index is -1.05. The van der Waals surface area contributed by atoms with Crippen molar-refractivity contribution in [3.8, 4) is 0 Å². The molecule has 0 aliphatic carbocycles. The van der Waals surface area contributed by atoms with E-state index in [4.69, 9.17) is 5.11 Å². The Hall–Kier alpha value is -2.37. The maximum Gasteiger partial charge on any atom is 0.323 e. The van der Waals surface area contributed by atoms with Crippen molar-refractivity contribution in [2.75, 3.05) is 18.4 Å². The molecule has 2 N–H and O–H groups in total. The Bertz CT molecular complexity index is 514. The lowest BCUT2D eigenvalue weighted by atomic mass is 10.1. The largest absolute Gasteiger partial charge is 0.480 e. The first-order valence-corrected chi connectivity index (χ1v) is 6.32. The van der Waals surface area contributed by atoms with Crippen molar-refractivity contribution in [1.82, 2.24) is 4.90 Å². The number of carbonyl (C=O) groups is 3. The molecule has 0 heterocycles. The van der Waals surface area contributed by atoms with Crippen molar-refractivity contribution in [3.05, 3.63) is 29.8 Å². The molecule has 0 unspecified atom stereocenters. The molecule has 0 fully saturated rings. The number of aliphatic carboxylic acids is 1. The molecule has 1 aromatic rings. The van der Waals surface area contributed by atoms with Crippen molar-refractivity contribution >= 4 is 23.5 Å². The van der Waals surface area contributed by atoms with Crippen molar-refractivity contribution < 1.29 is 19.5 Å². The highest BCUT2D eigenvalue weighted by Crippen LogP contribution is 2.13. The second-order valence-corrected chi connectivity index (χ2v) is 4.38. The number of amides is 2. The zero-order valence-electron chi connectivity index (χ0n) is 11.5. The Morgan fingerprint density at radius 2 is 2.00 bits per heavy atom. The van der Waals surface area contributed by atoms with Crippen LogP contribution >= 0.6 is 0 Å². The molecule has 0 spiro atoms. The van der Waals surface area contributed by atoms with Gasteiger partial charge in [0.2, 0.25) is 5.91 Å². The van der Waals surface area contributed by atoms with Gasteiger partial charge in [0.1, 0.15) is 6.54 Å². The SMILES string of the molecule is CCCN(CC(=O)O)C(=O)c1cccc(NC(C)=O)c1. The first-order chi connectivity index (χ1) is 9.43. The summed E-state index contributed by atoms with van der Waals surface area (Å²) in [7, 11) is 0. The van der Waals surface area contributed by atoms with Crippen LogP contribution in [0, 0.1) is 0 Å². The molecule has 20 heavy (non-hydrogen) atoms. The van der Waals surface area contributed by atoms with Crippen molar-refractivity contribution in [2.24, 2.45) is 0 Å². The molecule has 0 atom stereocenters. The van der Waals surface area contributed by atoms with Gasteiger partial charge in [0.25, 0.3) is 5.91 Å². The number of nitrogens with zero attached hydrogens (tertiary/aromatic N) is 1. The van der Waals surface area contributed by atoms with Crippen LogP contribution in [0.4, 0.5) is 5.69 Å². The first kappa shape index (κ1) is 15.7. The number of benzene rings is 1. The van der Waals surface area contributed by atoms with Crippen molar-refractivity contribution in [3.63, 3.8) is 0 Å². The zero-order valence-corrected chi connectivity index (χ0v) is 11.5. The molecule has 6 heteroatoms. The summed E-state index contributed by atoms with van der Waals surface area (Å²) >= 11 is 0. The van der Waals surface area contributed by atoms with E-state index < -0.39 is 5.97 Å². The number of hydrogen-bond donors (Lipinski definition) is 2. The summed E-state index contributed by atoms with van der Waals surface area (Å²) in [4.78, 5) is 35.3. The molecular weight excluding hydrogens is 260 g/mol. The normalized spacial score (nSPS) is 9.90. The van der Waals surface area contributed by atoms with Crippen LogP contribution in [0.1, 0.15) is 30.6 Å². The Kier molecular flexibility index (Phi) is 5.71. The highest BCUT2D eigenvalue weighted by atomic mass is 16.4. The van der Waals surface area contributed by atoms with Gasteiger partial charge in [0.15, 0.2) is 0 Å². The van der Waals surface area contributed by atoms with E-state index in [1.54, 1.807) is 18.2 Å². The molecule has 0 aromatic heterocycles. The molecule has 2 amide bonds. The van der Waals surface area contributed by atoms with E-state index in [0.29, 0.717) is 24.2 Å². The monoisotopic (exact) mass is 278 g/mol. The second-order valence-electron chi connectivity index (χ2n) is 4.38. The molecular formula is C14H18N2O4. The van der Waals surface area contributed by atoms with Crippen LogP contribution in [-0.4, -0.2) is 40.9 Å². The summed E-state index contributed by atoms with van der Waals surface area (Å²) in [5.74, 6) is -1.64. The smallest absolute Gasteiger partial charge is 0.323 e. The molecule has 0 radical (unpaired) electrons. The summed E-state index contributed by atoms with van der Waals surface area (Å²) < 4.78 is 0. The summed E-state index contributed by atoms with van der Waals surface area (Å²) in [6, 6.07) is 6.44. The van der Waals surface area contributed by atoms with E-state index in [-0.39, 0.29) is 18.4 Å². The lowest BCUT2D eigenvalue weighted by molar-refractivity contribution is -0.137. The highest BCUT2D eigenvalue weighted by Gasteiger charge is 2.18. The minimum absolute atomic E-state index is 0.231. The third-order valence-electron chi connectivity index (χ3n) is 2.54. The fraction of sp³-hybridized carbons (Fsp3) is 0.357. The summed E-state index contributed by atoms with van der Waals surface area (Å²) in [6.45, 7) is 3.28. The molecule has 1 rings (SSSR count). The zero-order chi connectivity index (χ0) is 15.1. The molecule has 0 saturated heterocycles. The van der Waals surface area contributed by atoms with Gasteiger partial charge in [-0.15, -0.1) is 0 Å². The van der Waals surface area contributed by atoms with Crippen LogP contribution in [0.15, 0.2) is 24.3 Å². The number of hydrogen-bond acceptors (Lipinski definition) is 3. The van der Waals surface area contributed by atoms with E-state index in [1.807, 2.05) is 6.92 Å². The quantitative estimate of drug-likeness (QED) is 0.827. The topological polar surface area (TPSA) is 86.7 Å². The third kappa shape index (κ3) is 4.72. The van der Waals surface area contributed by atoms with Crippen LogP contribution in [-0.2, 0) is 9.59 Å². The fourth-order valence-corrected chi connectivity index (χ4v) is 1.80. The predicted octanol–water partition coefficient (Wildman–Crippen LogP) is 1.58. The molecule has 1 aromatic carbocycles. The molecule has 0 bridgehead atoms. The maximum absolute atomic E-state index is 12.3. The predicted molar refractivity (Wildman–Crippen MR) is 74.6 cm³/mol. The van der Waals surface area contributed by atoms with E-state index in [1.165, 1.54) is 17.9 Å². The average molecular weight is 278 g/mol. The van der Waals surface area contributed by atoms with Gasteiger partial charge in [0, 0.05) is 24.7 Å². The third-order valence-corrected chi connectivity index (χ3v) is 2.54. The van der Waals surface area contributed by atoms with E-state index in [9.17, 15) is 14.4 Å². The van der Waals surface area contributed by atoms with Gasteiger partial charge in [-0.3, -0.25) is 14.4 Å². The van der Waals surface area contributed by atoms with Crippen LogP contribution < -0.4 is 5.32 Å². The van der Waals surface area contributed by atoms with E-state index >= 15 is 0 Å². The van der Waals surface area contributed by atoms with Gasteiger partial charge in [-0.2, -0.15) is 0 Å². The van der Waals surface area contributed by atoms with Gasteiger partial charge < -0.3 is 15.3 Å². The van der Waals surface area contributed by atoms with Crippen molar-refractivity contribution in [2.45, 2.75) is 20.3 Å². The lowest BCUT2D eigenvalue weighted by Crippen LogP contribution is -2.36. The molecule has 0 aliphatic rings. The summed E-state index contributed by atoms with van der Waals surface area (Å²) in [6.07, 6.45) is 0.671. The summed E-state index contributed by atoms with van der Waals surface area (Å²) in [5, 5.41) is 11.4. The highest BCUT2D eigenvalue weighted by molar-refractivity contribution is 5.98. The maximum atomic E-state index is 12.3. The molecule has 108 valence electrons. The number of rotatable bonds is 6. The van der Waals surface area contributed by atoms with Gasteiger partial charge in [-0.25, -0.2) is 0 Å². The first-order valence-electron chi connectivity index (χ1n) is 6.32. The fourth-order valence-electron chi connectivity index (χ4n) is 1.80. The van der Waals surface area contributed by atoms with Crippen LogP contribution in [0.2, 0.25) is 0 Å². The Morgan fingerprint density at radius 1 is 1.30 bits per heavy atom. The van der Waals surface area contributed by atoms with Crippen LogP contribution in [0.25, 0.3) is 0 Å². The molecule has 0 aliphatic heterocycles. The van der Waals surface area contributed by atoms with E-state index in [0.717, 1.165) is 0 Å². The Labute approximate surface area is 117 Å². The second kappa shape index (κ2) is 7.28. The summed E-state index contributed by atoms with van der Waals surface area (Å²) in [5.41, 5.74) is 0.862. The van der Waals surface area contributed by atoms with Crippen LogP contribution in [0.5, 0.6) is 0 Å². The Morgan fingerprint density at radius 3 is 2.55 bits per heavy atom. The van der Waals surface area contributed by atoms with Gasteiger partial charge in [-0.05, 0) is 24.6 Å². The van der Waals surface area contributed by atoms with Gasteiger partial charge in [0.05, 0.1) is 0 Å². The minimum Gasteiger partial charge on any atom is -0.480 e. The van der Waals surface area contributed by atoms with Crippen LogP contribution in [0.3, 0.4) is 0 Å². The number of nitrogens with one attached hydrogen (secondary N) is 1. The van der Waals surface area contributed by atoms with E-state index in [2.05, 4.69) is 5.32 Å². The number of carbonyl (C=O) groups excluding carboxylic acids is 2. The van der Waals surface area contributed by atoms with Gasteiger partial charge >= 0.3 is 5.97 Å². The molecule has 0 saturated carbocycles. The number of anilines is 1. The van der Waals surface area contributed by atoms with Crippen molar-refractivity contribution in [1.29, 1.82) is 0 Å². The molecule has 6 nitrogen and oxygen atoms in total. The number of carboxylic acid groups (broad SMARTS) is 1.